The Hall–Kier alpha value is -2.01. The summed E-state index contributed by atoms with van der Waals surface area (Å²) in [4.78, 5) is 12.6. The number of amides is 1. The Labute approximate surface area is 150 Å². The third-order valence-corrected chi connectivity index (χ3v) is 4.73. The Morgan fingerprint density at radius 2 is 2.00 bits per heavy atom. The van der Waals surface area contributed by atoms with Gasteiger partial charge in [-0.05, 0) is 77.5 Å². The lowest BCUT2D eigenvalue weighted by molar-refractivity contribution is 0.102. The first-order valence-electron chi connectivity index (χ1n) is 8.06. The summed E-state index contributed by atoms with van der Waals surface area (Å²) < 4.78 is 11.6. The Bertz CT molecular complexity index is 773. The van der Waals surface area contributed by atoms with Gasteiger partial charge in [0.1, 0.15) is 0 Å². The smallest absolute Gasteiger partial charge is 0.255 e. The van der Waals surface area contributed by atoms with Crippen LogP contribution < -0.4 is 14.8 Å². The molecule has 0 unspecified atom stereocenters. The summed E-state index contributed by atoms with van der Waals surface area (Å²) in [6.07, 6.45) is 3.41. The molecule has 1 aliphatic rings. The molecule has 24 heavy (non-hydrogen) atoms. The molecular formula is C19H20BrNO3. The molecule has 1 N–H and O–H groups in total. The van der Waals surface area contributed by atoms with E-state index in [9.17, 15) is 4.79 Å². The van der Waals surface area contributed by atoms with Gasteiger partial charge < -0.3 is 14.8 Å². The number of methoxy groups -OCH3 is 1. The van der Waals surface area contributed by atoms with Crippen molar-refractivity contribution in [2.75, 3.05) is 19.0 Å². The van der Waals surface area contributed by atoms with Crippen LogP contribution in [0, 0.1) is 0 Å². The third-order valence-electron chi connectivity index (χ3n) is 4.14. The number of halogens is 1. The molecule has 0 saturated carbocycles. The fourth-order valence-corrected chi connectivity index (χ4v) is 3.54. The fourth-order valence-electron chi connectivity index (χ4n) is 2.99. The quantitative estimate of drug-likeness (QED) is 0.812. The van der Waals surface area contributed by atoms with E-state index in [1.54, 1.807) is 19.2 Å². The van der Waals surface area contributed by atoms with Crippen molar-refractivity contribution in [2.24, 2.45) is 0 Å². The number of aryl methyl sites for hydroxylation is 2. The predicted molar refractivity (Wildman–Crippen MR) is 98.3 cm³/mol. The van der Waals surface area contributed by atoms with E-state index in [0.717, 1.165) is 18.5 Å². The molecule has 0 spiro atoms. The standard InChI is InChI=1S/C19H20BrNO3/c1-3-24-18-16(20)10-14(11-17(18)23-2)19(22)21-15-8-7-12-5-4-6-13(12)9-15/h7-11H,3-6H2,1-2H3,(H,21,22). The second kappa shape index (κ2) is 7.26. The minimum Gasteiger partial charge on any atom is -0.493 e. The van der Waals surface area contributed by atoms with Crippen molar-refractivity contribution in [3.63, 3.8) is 0 Å². The van der Waals surface area contributed by atoms with Crippen LogP contribution in [0.2, 0.25) is 0 Å². The second-order valence-corrected chi connectivity index (χ2v) is 6.57. The van der Waals surface area contributed by atoms with Gasteiger partial charge in [0.15, 0.2) is 11.5 Å². The van der Waals surface area contributed by atoms with Crippen LogP contribution in [0.15, 0.2) is 34.8 Å². The van der Waals surface area contributed by atoms with E-state index in [0.29, 0.717) is 28.1 Å². The maximum atomic E-state index is 12.6. The van der Waals surface area contributed by atoms with Gasteiger partial charge in [-0.1, -0.05) is 6.07 Å². The zero-order valence-corrected chi connectivity index (χ0v) is 15.4. The van der Waals surface area contributed by atoms with Crippen molar-refractivity contribution < 1.29 is 14.3 Å². The van der Waals surface area contributed by atoms with Gasteiger partial charge in [-0.15, -0.1) is 0 Å². The van der Waals surface area contributed by atoms with E-state index in [4.69, 9.17) is 9.47 Å². The molecule has 0 radical (unpaired) electrons. The molecule has 0 atom stereocenters. The average molecular weight is 390 g/mol. The zero-order valence-electron chi connectivity index (χ0n) is 13.8. The van der Waals surface area contributed by atoms with Crippen LogP contribution in [0.5, 0.6) is 11.5 Å². The maximum Gasteiger partial charge on any atom is 0.255 e. The molecule has 126 valence electrons. The van der Waals surface area contributed by atoms with Crippen LogP contribution in [0.4, 0.5) is 5.69 Å². The monoisotopic (exact) mass is 389 g/mol. The molecule has 0 saturated heterocycles. The number of nitrogens with one attached hydrogen (secondary N) is 1. The fraction of sp³-hybridized carbons (Fsp3) is 0.316. The normalized spacial score (nSPS) is 12.6. The third kappa shape index (κ3) is 3.41. The summed E-state index contributed by atoms with van der Waals surface area (Å²) in [5.41, 5.74) is 4.06. The van der Waals surface area contributed by atoms with E-state index in [2.05, 4.69) is 33.4 Å². The first-order valence-corrected chi connectivity index (χ1v) is 8.85. The van der Waals surface area contributed by atoms with Crippen LogP contribution >= 0.6 is 15.9 Å². The van der Waals surface area contributed by atoms with E-state index in [1.807, 2.05) is 13.0 Å². The van der Waals surface area contributed by atoms with Gasteiger partial charge in [0.2, 0.25) is 0 Å². The zero-order chi connectivity index (χ0) is 17.1. The largest absolute Gasteiger partial charge is 0.493 e. The van der Waals surface area contributed by atoms with Crippen molar-refractivity contribution in [3.8, 4) is 11.5 Å². The summed E-state index contributed by atoms with van der Waals surface area (Å²) in [6.45, 7) is 2.43. The van der Waals surface area contributed by atoms with Crippen molar-refractivity contribution in [2.45, 2.75) is 26.2 Å². The number of carbonyl (C=O) groups excluding carboxylic acids is 1. The second-order valence-electron chi connectivity index (χ2n) is 5.71. The molecule has 0 aromatic heterocycles. The molecule has 4 nitrogen and oxygen atoms in total. The van der Waals surface area contributed by atoms with Crippen LogP contribution in [0.3, 0.4) is 0 Å². The topological polar surface area (TPSA) is 47.6 Å². The van der Waals surface area contributed by atoms with E-state index >= 15 is 0 Å². The van der Waals surface area contributed by atoms with Crippen LogP contribution in [-0.4, -0.2) is 19.6 Å². The van der Waals surface area contributed by atoms with Crippen LogP contribution in [-0.2, 0) is 12.8 Å². The summed E-state index contributed by atoms with van der Waals surface area (Å²) in [7, 11) is 1.56. The minimum atomic E-state index is -0.171. The number of rotatable bonds is 5. The first kappa shape index (κ1) is 16.8. The molecule has 2 aromatic carbocycles. The lowest BCUT2D eigenvalue weighted by Gasteiger charge is -2.13. The van der Waals surface area contributed by atoms with Gasteiger partial charge in [-0.3, -0.25) is 4.79 Å². The van der Waals surface area contributed by atoms with Crippen LogP contribution in [0.1, 0.15) is 34.8 Å². The number of hydrogen-bond donors (Lipinski definition) is 1. The van der Waals surface area contributed by atoms with E-state index in [1.165, 1.54) is 17.5 Å². The number of hydrogen-bond acceptors (Lipinski definition) is 3. The lowest BCUT2D eigenvalue weighted by Crippen LogP contribution is -2.12. The average Bonchev–Trinajstić information content (AvgIpc) is 3.04. The van der Waals surface area contributed by atoms with Gasteiger partial charge in [0, 0.05) is 11.3 Å². The summed E-state index contributed by atoms with van der Waals surface area (Å²) in [5, 5.41) is 2.96. The molecule has 5 heteroatoms. The lowest BCUT2D eigenvalue weighted by atomic mass is 10.1. The SMILES string of the molecule is CCOc1c(Br)cc(C(=O)Nc2ccc3c(c2)CCC3)cc1OC. The highest BCUT2D eigenvalue weighted by atomic mass is 79.9. The van der Waals surface area contributed by atoms with Crippen LogP contribution in [0.25, 0.3) is 0 Å². The van der Waals surface area contributed by atoms with E-state index in [-0.39, 0.29) is 5.91 Å². The minimum absolute atomic E-state index is 0.171. The first-order chi connectivity index (χ1) is 11.6. The van der Waals surface area contributed by atoms with Crippen molar-refractivity contribution in [1.29, 1.82) is 0 Å². The number of carbonyl (C=O) groups is 1. The molecule has 0 fully saturated rings. The highest BCUT2D eigenvalue weighted by molar-refractivity contribution is 9.10. The number of ether oxygens (including phenoxy) is 2. The van der Waals surface area contributed by atoms with Gasteiger partial charge in [-0.25, -0.2) is 0 Å². The molecule has 1 aliphatic carbocycles. The Morgan fingerprint density at radius 3 is 2.75 bits per heavy atom. The maximum absolute atomic E-state index is 12.6. The highest BCUT2D eigenvalue weighted by Crippen LogP contribution is 2.37. The van der Waals surface area contributed by atoms with Gasteiger partial charge >= 0.3 is 0 Å². The van der Waals surface area contributed by atoms with Gasteiger partial charge in [0.05, 0.1) is 18.2 Å². The van der Waals surface area contributed by atoms with Crippen molar-refractivity contribution in [1.82, 2.24) is 0 Å². The molecule has 0 aliphatic heterocycles. The Balaban J connectivity index is 1.83. The summed E-state index contributed by atoms with van der Waals surface area (Å²) in [6, 6.07) is 9.57. The Morgan fingerprint density at radius 1 is 1.21 bits per heavy atom. The summed E-state index contributed by atoms with van der Waals surface area (Å²) in [5.74, 6) is 0.967. The highest BCUT2D eigenvalue weighted by Gasteiger charge is 2.16. The molecule has 2 aromatic rings. The number of fused-ring (bicyclic) bond motifs is 1. The van der Waals surface area contributed by atoms with Gasteiger partial charge in [0.25, 0.3) is 5.91 Å². The predicted octanol–water partition coefficient (Wildman–Crippen LogP) is 4.60. The molecular weight excluding hydrogens is 370 g/mol. The molecule has 0 bridgehead atoms. The summed E-state index contributed by atoms with van der Waals surface area (Å²) >= 11 is 3.45. The van der Waals surface area contributed by atoms with Gasteiger partial charge in [-0.2, -0.15) is 0 Å². The van der Waals surface area contributed by atoms with E-state index < -0.39 is 0 Å². The Kier molecular flexibility index (Phi) is 5.09. The number of benzene rings is 2. The number of anilines is 1. The van der Waals surface area contributed by atoms with Crippen molar-refractivity contribution in [3.05, 3.63) is 51.5 Å². The van der Waals surface area contributed by atoms with Crippen molar-refractivity contribution >= 4 is 27.5 Å². The molecule has 0 heterocycles. The molecule has 1 amide bonds. The molecule has 3 rings (SSSR count).